The maximum Gasteiger partial charge on any atom is 0.0613 e. The summed E-state index contributed by atoms with van der Waals surface area (Å²) in [4.78, 5) is 0. The Morgan fingerprint density at radius 2 is 2.11 bits per heavy atom. The fraction of sp³-hybridized carbons (Fsp3) is 0.647. The molecule has 0 amide bonds. The van der Waals surface area contributed by atoms with Crippen LogP contribution in [0.15, 0.2) is 24.3 Å². The predicted octanol–water partition coefficient (Wildman–Crippen LogP) is 4.11. The Hall–Kier alpha value is -0.820. The Bertz CT molecular complexity index is 394. The van der Waals surface area contributed by atoms with Gasteiger partial charge in [-0.2, -0.15) is 0 Å². The van der Waals surface area contributed by atoms with E-state index < -0.39 is 0 Å². The van der Waals surface area contributed by atoms with E-state index in [4.69, 9.17) is 0 Å². The predicted molar refractivity (Wildman–Crippen MR) is 76.6 cm³/mol. The minimum Gasteiger partial charge on any atom is -0.392 e. The molecule has 1 nitrogen and oxygen atoms in total. The highest BCUT2D eigenvalue weighted by Gasteiger charge is 2.36. The number of benzene rings is 1. The van der Waals surface area contributed by atoms with Gasteiger partial charge in [0.15, 0.2) is 0 Å². The fourth-order valence-electron chi connectivity index (χ4n) is 3.46. The van der Waals surface area contributed by atoms with Gasteiger partial charge in [0.05, 0.1) is 6.10 Å². The highest BCUT2D eigenvalue weighted by atomic mass is 16.3. The lowest BCUT2D eigenvalue weighted by molar-refractivity contribution is 0.00580. The van der Waals surface area contributed by atoms with Crippen molar-refractivity contribution in [1.82, 2.24) is 0 Å². The van der Waals surface area contributed by atoms with Crippen LogP contribution in [0, 0.1) is 18.3 Å². The largest absolute Gasteiger partial charge is 0.392 e. The van der Waals surface area contributed by atoms with Crippen LogP contribution in [0.2, 0.25) is 0 Å². The first-order chi connectivity index (χ1) is 8.49. The van der Waals surface area contributed by atoms with Gasteiger partial charge in [-0.15, -0.1) is 0 Å². The Labute approximate surface area is 111 Å². The summed E-state index contributed by atoms with van der Waals surface area (Å²) in [6.07, 6.45) is 5.64. The fourth-order valence-corrected chi connectivity index (χ4v) is 3.46. The molecule has 1 aliphatic carbocycles. The molecule has 0 heterocycles. The van der Waals surface area contributed by atoms with Gasteiger partial charge in [0.1, 0.15) is 0 Å². The number of aliphatic hydroxyl groups excluding tert-OH is 1. The third kappa shape index (κ3) is 3.14. The molecule has 1 aromatic carbocycles. The van der Waals surface area contributed by atoms with E-state index in [-0.39, 0.29) is 6.10 Å². The minimum atomic E-state index is -0.193. The summed E-state index contributed by atoms with van der Waals surface area (Å²) in [6, 6.07) is 8.52. The highest BCUT2D eigenvalue weighted by Crippen LogP contribution is 2.42. The third-order valence-corrected chi connectivity index (χ3v) is 4.58. The van der Waals surface area contributed by atoms with E-state index in [1.165, 1.54) is 36.8 Å². The van der Waals surface area contributed by atoms with Crippen molar-refractivity contribution in [2.45, 2.75) is 59.0 Å². The molecule has 2 rings (SSSR count). The zero-order valence-corrected chi connectivity index (χ0v) is 11.9. The van der Waals surface area contributed by atoms with Crippen molar-refractivity contribution < 1.29 is 5.11 Å². The van der Waals surface area contributed by atoms with Crippen molar-refractivity contribution in [2.24, 2.45) is 11.3 Å². The summed E-state index contributed by atoms with van der Waals surface area (Å²) in [5, 5.41) is 10.6. The van der Waals surface area contributed by atoms with Crippen LogP contribution in [0.3, 0.4) is 0 Å². The van der Waals surface area contributed by atoms with Crippen LogP contribution >= 0.6 is 0 Å². The first kappa shape index (κ1) is 13.6. The van der Waals surface area contributed by atoms with Crippen LogP contribution in [0.1, 0.15) is 50.7 Å². The van der Waals surface area contributed by atoms with E-state index in [1.54, 1.807) is 0 Å². The van der Waals surface area contributed by atoms with Gasteiger partial charge in [0, 0.05) is 0 Å². The lowest BCUT2D eigenvalue weighted by atomic mass is 9.66. The first-order valence-corrected chi connectivity index (χ1v) is 7.23. The monoisotopic (exact) mass is 246 g/mol. The van der Waals surface area contributed by atoms with E-state index in [9.17, 15) is 5.11 Å². The van der Waals surface area contributed by atoms with Crippen molar-refractivity contribution in [1.29, 1.82) is 0 Å². The maximum absolute atomic E-state index is 10.6. The first-order valence-electron chi connectivity index (χ1n) is 7.23. The van der Waals surface area contributed by atoms with Crippen LogP contribution < -0.4 is 0 Å². The third-order valence-electron chi connectivity index (χ3n) is 4.58. The Morgan fingerprint density at radius 3 is 2.78 bits per heavy atom. The Morgan fingerprint density at radius 1 is 1.33 bits per heavy atom. The molecule has 1 fully saturated rings. The number of rotatable bonds is 3. The van der Waals surface area contributed by atoms with Gasteiger partial charge in [-0.25, -0.2) is 0 Å². The summed E-state index contributed by atoms with van der Waals surface area (Å²) in [7, 11) is 0. The molecule has 2 atom stereocenters. The normalized spacial score (nSPS) is 24.8. The highest BCUT2D eigenvalue weighted by molar-refractivity contribution is 5.23. The molecule has 0 bridgehead atoms. The van der Waals surface area contributed by atoms with E-state index in [0.29, 0.717) is 11.3 Å². The number of aliphatic hydroxyl groups is 1. The molecule has 0 aliphatic heterocycles. The standard InChI is InChI=1S/C17H26O/c1-13-7-6-8-14(11-13)12-16(18)15-9-4-5-10-17(15,2)3/h6-8,11,15-16,18H,4-5,9-10,12H2,1-3H3. The van der Waals surface area contributed by atoms with Gasteiger partial charge in [0.25, 0.3) is 0 Å². The topological polar surface area (TPSA) is 20.2 Å². The second-order valence-electron chi connectivity index (χ2n) is 6.60. The molecule has 1 aromatic rings. The van der Waals surface area contributed by atoms with Gasteiger partial charge in [-0.3, -0.25) is 0 Å². The Kier molecular flexibility index (Phi) is 4.11. The maximum atomic E-state index is 10.6. The summed E-state index contributed by atoms with van der Waals surface area (Å²) in [5.41, 5.74) is 2.84. The second kappa shape index (κ2) is 5.44. The number of hydrogen-bond acceptors (Lipinski definition) is 1. The molecule has 0 aromatic heterocycles. The van der Waals surface area contributed by atoms with Crippen LogP contribution in [-0.2, 0) is 6.42 Å². The molecule has 1 saturated carbocycles. The van der Waals surface area contributed by atoms with Crippen LogP contribution in [0.5, 0.6) is 0 Å². The van der Waals surface area contributed by atoms with Gasteiger partial charge < -0.3 is 5.11 Å². The summed E-state index contributed by atoms with van der Waals surface area (Å²) in [6.45, 7) is 6.74. The number of aryl methyl sites for hydroxylation is 1. The van der Waals surface area contributed by atoms with Crippen LogP contribution in [-0.4, -0.2) is 11.2 Å². The van der Waals surface area contributed by atoms with E-state index in [0.717, 1.165) is 6.42 Å². The van der Waals surface area contributed by atoms with Crippen molar-refractivity contribution in [3.63, 3.8) is 0 Å². The minimum absolute atomic E-state index is 0.193. The van der Waals surface area contributed by atoms with Crippen molar-refractivity contribution >= 4 is 0 Å². The van der Waals surface area contributed by atoms with Gasteiger partial charge >= 0.3 is 0 Å². The molecule has 0 saturated heterocycles. The molecular weight excluding hydrogens is 220 g/mol. The average Bonchev–Trinajstić information content (AvgIpc) is 2.28. The summed E-state index contributed by atoms with van der Waals surface area (Å²) < 4.78 is 0. The van der Waals surface area contributed by atoms with Gasteiger partial charge in [0.2, 0.25) is 0 Å². The van der Waals surface area contributed by atoms with Crippen LogP contribution in [0.25, 0.3) is 0 Å². The zero-order chi connectivity index (χ0) is 13.2. The Balaban J connectivity index is 2.05. The molecule has 100 valence electrons. The molecular formula is C17H26O. The summed E-state index contributed by atoms with van der Waals surface area (Å²) in [5.74, 6) is 0.451. The molecule has 1 aliphatic rings. The zero-order valence-electron chi connectivity index (χ0n) is 11.9. The molecule has 1 heteroatoms. The van der Waals surface area contributed by atoms with Crippen LogP contribution in [0.4, 0.5) is 0 Å². The second-order valence-corrected chi connectivity index (χ2v) is 6.60. The quantitative estimate of drug-likeness (QED) is 0.850. The molecule has 2 unspecified atom stereocenters. The van der Waals surface area contributed by atoms with Gasteiger partial charge in [-0.1, -0.05) is 56.5 Å². The van der Waals surface area contributed by atoms with Crippen molar-refractivity contribution in [3.05, 3.63) is 35.4 Å². The van der Waals surface area contributed by atoms with Crippen molar-refractivity contribution in [3.8, 4) is 0 Å². The average molecular weight is 246 g/mol. The molecule has 0 radical (unpaired) electrons. The molecule has 0 spiro atoms. The summed E-state index contributed by atoms with van der Waals surface area (Å²) >= 11 is 0. The van der Waals surface area contributed by atoms with E-state index in [2.05, 4.69) is 45.0 Å². The molecule has 18 heavy (non-hydrogen) atoms. The van der Waals surface area contributed by atoms with Crippen molar-refractivity contribution in [2.75, 3.05) is 0 Å². The SMILES string of the molecule is Cc1cccc(CC(O)C2CCCCC2(C)C)c1. The lowest BCUT2D eigenvalue weighted by Crippen LogP contribution is -2.37. The smallest absolute Gasteiger partial charge is 0.0613 e. The lowest BCUT2D eigenvalue weighted by Gasteiger charge is -2.41. The van der Waals surface area contributed by atoms with E-state index >= 15 is 0 Å². The van der Waals surface area contributed by atoms with Gasteiger partial charge in [-0.05, 0) is 43.1 Å². The van der Waals surface area contributed by atoms with E-state index in [1.807, 2.05) is 0 Å². The number of hydrogen-bond donors (Lipinski definition) is 1. The molecule has 1 N–H and O–H groups in total.